The van der Waals surface area contributed by atoms with Gasteiger partial charge in [-0.3, -0.25) is 4.79 Å². The van der Waals surface area contributed by atoms with E-state index in [1.807, 2.05) is 24.0 Å². The second kappa shape index (κ2) is 5.68. The van der Waals surface area contributed by atoms with Crippen molar-refractivity contribution in [2.45, 2.75) is 32.2 Å². The number of benzene rings is 1. The number of rotatable bonds is 1. The highest BCUT2D eigenvalue weighted by molar-refractivity contribution is 5.95. The highest BCUT2D eigenvalue weighted by Gasteiger charge is 2.35. The Morgan fingerprint density at radius 1 is 1.24 bits per heavy atom. The minimum Gasteiger partial charge on any atom is -0.399 e. The molecule has 0 saturated carbocycles. The van der Waals surface area contributed by atoms with E-state index in [1.165, 1.54) is 19.4 Å². The number of nitrogen functional groups attached to an aromatic ring is 1. The third kappa shape index (κ3) is 2.91. The first-order valence-corrected chi connectivity index (χ1v) is 7.91. The molecule has 1 amide bonds. The Balaban J connectivity index is 1.74. The Hall–Kier alpha value is -1.55. The molecule has 1 aromatic carbocycles. The van der Waals surface area contributed by atoms with Crippen molar-refractivity contribution in [3.05, 3.63) is 29.3 Å². The molecule has 4 nitrogen and oxygen atoms in total. The molecule has 21 heavy (non-hydrogen) atoms. The van der Waals surface area contributed by atoms with Gasteiger partial charge in [-0.25, -0.2) is 0 Å². The smallest absolute Gasteiger partial charge is 0.253 e. The number of carbonyl (C=O) groups is 1. The van der Waals surface area contributed by atoms with E-state index in [0.29, 0.717) is 17.6 Å². The van der Waals surface area contributed by atoms with Gasteiger partial charge >= 0.3 is 0 Å². The molecule has 2 aliphatic rings. The summed E-state index contributed by atoms with van der Waals surface area (Å²) in [6, 6.07) is 6.30. The summed E-state index contributed by atoms with van der Waals surface area (Å²) in [6.07, 6.45) is 3.58. The van der Waals surface area contributed by atoms with Gasteiger partial charge in [0.2, 0.25) is 0 Å². The summed E-state index contributed by atoms with van der Waals surface area (Å²) in [5.41, 5.74) is 8.32. The lowest BCUT2D eigenvalue weighted by Crippen LogP contribution is -2.53. The fourth-order valence-corrected chi connectivity index (χ4v) is 3.96. The molecule has 1 aromatic rings. The molecular formula is C17H25N3O. The van der Waals surface area contributed by atoms with E-state index in [4.69, 9.17) is 5.73 Å². The Morgan fingerprint density at radius 3 is 2.81 bits per heavy atom. The normalized spacial score (nSPS) is 26.5. The first kappa shape index (κ1) is 14.4. The molecule has 0 aromatic heterocycles. The number of likely N-dealkylation sites (tertiary alicyclic amines) is 2. The molecular weight excluding hydrogens is 262 g/mol. The molecule has 2 aliphatic heterocycles. The van der Waals surface area contributed by atoms with E-state index in [-0.39, 0.29) is 5.91 Å². The SMILES string of the molecule is Cc1cc(N)cc(C(=O)N2CCC3C(CCCN3C)C2)c1. The molecule has 2 heterocycles. The van der Waals surface area contributed by atoms with Crippen LogP contribution in [0.5, 0.6) is 0 Å². The van der Waals surface area contributed by atoms with Crippen LogP contribution in [0.25, 0.3) is 0 Å². The largest absolute Gasteiger partial charge is 0.399 e. The van der Waals surface area contributed by atoms with E-state index >= 15 is 0 Å². The van der Waals surface area contributed by atoms with Gasteiger partial charge in [0.25, 0.3) is 5.91 Å². The van der Waals surface area contributed by atoms with Crippen LogP contribution < -0.4 is 5.73 Å². The molecule has 0 aliphatic carbocycles. The van der Waals surface area contributed by atoms with Crippen LogP contribution in [-0.4, -0.2) is 48.4 Å². The number of amides is 1. The van der Waals surface area contributed by atoms with E-state index in [1.54, 1.807) is 6.07 Å². The fourth-order valence-electron chi connectivity index (χ4n) is 3.96. The van der Waals surface area contributed by atoms with Crippen molar-refractivity contribution in [1.29, 1.82) is 0 Å². The third-order valence-electron chi connectivity index (χ3n) is 4.98. The zero-order valence-electron chi connectivity index (χ0n) is 13.0. The zero-order chi connectivity index (χ0) is 15.0. The van der Waals surface area contributed by atoms with Crippen LogP contribution in [-0.2, 0) is 0 Å². The molecule has 2 unspecified atom stereocenters. The Kier molecular flexibility index (Phi) is 3.89. The van der Waals surface area contributed by atoms with Crippen molar-refractivity contribution >= 4 is 11.6 Å². The number of hydrogen-bond donors (Lipinski definition) is 1. The lowest BCUT2D eigenvalue weighted by atomic mass is 9.84. The monoisotopic (exact) mass is 287 g/mol. The molecule has 3 rings (SSSR count). The summed E-state index contributed by atoms with van der Waals surface area (Å²) < 4.78 is 0. The van der Waals surface area contributed by atoms with Gasteiger partial charge in [0, 0.05) is 30.4 Å². The van der Waals surface area contributed by atoms with Crippen molar-refractivity contribution in [3.63, 3.8) is 0 Å². The minimum absolute atomic E-state index is 0.136. The average Bonchev–Trinajstić information content (AvgIpc) is 2.45. The van der Waals surface area contributed by atoms with Gasteiger partial charge in [-0.15, -0.1) is 0 Å². The van der Waals surface area contributed by atoms with Gasteiger partial charge in [-0.1, -0.05) is 0 Å². The summed E-state index contributed by atoms with van der Waals surface area (Å²) in [5, 5.41) is 0. The Labute approximate surface area is 126 Å². The first-order chi connectivity index (χ1) is 10.0. The van der Waals surface area contributed by atoms with E-state index in [9.17, 15) is 4.79 Å². The second-order valence-corrected chi connectivity index (χ2v) is 6.62. The van der Waals surface area contributed by atoms with E-state index in [0.717, 1.165) is 30.6 Å². The predicted octanol–water partition coefficient (Wildman–Crippen LogP) is 2.13. The van der Waals surface area contributed by atoms with Crippen molar-refractivity contribution in [2.75, 3.05) is 32.4 Å². The molecule has 0 radical (unpaired) electrons. The lowest BCUT2D eigenvalue weighted by molar-refractivity contribution is 0.0317. The third-order valence-corrected chi connectivity index (χ3v) is 4.98. The Morgan fingerprint density at radius 2 is 2.05 bits per heavy atom. The Bertz CT molecular complexity index is 523. The average molecular weight is 287 g/mol. The molecule has 0 bridgehead atoms. The number of nitrogens with zero attached hydrogens (tertiary/aromatic N) is 2. The maximum absolute atomic E-state index is 12.7. The van der Waals surface area contributed by atoms with Gasteiger partial charge in [-0.2, -0.15) is 0 Å². The van der Waals surface area contributed by atoms with E-state index in [2.05, 4.69) is 11.9 Å². The van der Waals surface area contributed by atoms with Crippen molar-refractivity contribution in [3.8, 4) is 0 Å². The van der Waals surface area contributed by atoms with Crippen molar-refractivity contribution in [2.24, 2.45) is 5.92 Å². The molecule has 114 valence electrons. The number of nitrogens with two attached hydrogens (primary N) is 1. The van der Waals surface area contributed by atoms with Gasteiger partial charge < -0.3 is 15.5 Å². The topological polar surface area (TPSA) is 49.6 Å². The molecule has 0 spiro atoms. The highest BCUT2D eigenvalue weighted by atomic mass is 16.2. The summed E-state index contributed by atoms with van der Waals surface area (Å²) in [4.78, 5) is 17.2. The second-order valence-electron chi connectivity index (χ2n) is 6.62. The summed E-state index contributed by atoms with van der Waals surface area (Å²) in [7, 11) is 2.22. The maximum atomic E-state index is 12.7. The van der Waals surface area contributed by atoms with Gasteiger partial charge in [0.05, 0.1) is 0 Å². The summed E-state index contributed by atoms with van der Waals surface area (Å²) in [6.45, 7) is 4.93. The quantitative estimate of drug-likeness (QED) is 0.805. The summed E-state index contributed by atoms with van der Waals surface area (Å²) >= 11 is 0. The maximum Gasteiger partial charge on any atom is 0.253 e. The number of carbonyl (C=O) groups excluding carboxylic acids is 1. The summed E-state index contributed by atoms with van der Waals surface area (Å²) in [5.74, 6) is 0.765. The molecule has 4 heteroatoms. The fraction of sp³-hybridized carbons (Fsp3) is 0.588. The number of anilines is 1. The predicted molar refractivity (Wildman–Crippen MR) is 85.3 cm³/mol. The number of aryl methyl sites for hydroxylation is 1. The van der Waals surface area contributed by atoms with E-state index < -0.39 is 0 Å². The van der Waals surface area contributed by atoms with Gasteiger partial charge in [-0.05, 0) is 69.5 Å². The highest BCUT2D eigenvalue weighted by Crippen LogP contribution is 2.30. The van der Waals surface area contributed by atoms with Crippen LogP contribution >= 0.6 is 0 Å². The molecule has 2 saturated heterocycles. The van der Waals surface area contributed by atoms with Crippen LogP contribution in [0.15, 0.2) is 18.2 Å². The molecule has 2 fully saturated rings. The first-order valence-electron chi connectivity index (χ1n) is 7.91. The van der Waals surface area contributed by atoms with Crippen LogP contribution in [0.2, 0.25) is 0 Å². The van der Waals surface area contributed by atoms with Gasteiger partial charge in [0.15, 0.2) is 0 Å². The standard InChI is InChI=1S/C17H25N3O/c1-12-8-14(10-15(18)9-12)17(21)20-7-5-16-13(11-20)4-3-6-19(16)2/h8-10,13,16H,3-7,11,18H2,1-2H3. The number of fused-ring (bicyclic) bond motifs is 1. The van der Waals surface area contributed by atoms with Crippen LogP contribution in [0.1, 0.15) is 35.2 Å². The number of hydrogen-bond acceptors (Lipinski definition) is 3. The minimum atomic E-state index is 0.136. The van der Waals surface area contributed by atoms with Crippen molar-refractivity contribution < 1.29 is 4.79 Å². The number of piperidine rings is 2. The molecule has 2 atom stereocenters. The van der Waals surface area contributed by atoms with Gasteiger partial charge in [0.1, 0.15) is 0 Å². The zero-order valence-corrected chi connectivity index (χ0v) is 13.0. The van der Waals surface area contributed by atoms with Crippen LogP contribution in [0, 0.1) is 12.8 Å². The molecule has 2 N–H and O–H groups in total. The lowest BCUT2D eigenvalue weighted by Gasteiger charge is -2.46. The van der Waals surface area contributed by atoms with Crippen LogP contribution in [0.4, 0.5) is 5.69 Å². The van der Waals surface area contributed by atoms with Crippen molar-refractivity contribution in [1.82, 2.24) is 9.80 Å². The van der Waals surface area contributed by atoms with Crippen LogP contribution in [0.3, 0.4) is 0 Å².